The molecule has 2 aliphatic rings. The number of benzene rings is 2. The molecule has 1 fully saturated rings. The molecule has 8 heteroatoms. The number of imidazole rings is 1. The molecule has 1 N–H and O–H groups in total. The molecule has 1 saturated heterocycles. The average molecular weight is 387 g/mol. The summed E-state index contributed by atoms with van der Waals surface area (Å²) >= 11 is 0. The van der Waals surface area contributed by atoms with Crippen molar-refractivity contribution in [1.29, 1.82) is 0 Å². The number of carbonyl (C=O) groups is 1. The monoisotopic (exact) mass is 387 g/mol. The summed E-state index contributed by atoms with van der Waals surface area (Å²) in [5, 5.41) is 0. The Morgan fingerprint density at radius 2 is 1.71 bits per heavy atom. The van der Waals surface area contributed by atoms with E-state index in [9.17, 15) is 22.8 Å². The second-order valence-corrected chi connectivity index (χ2v) is 7.31. The molecule has 144 valence electrons. The summed E-state index contributed by atoms with van der Waals surface area (Å²) in [7, 11) is 0. The molecule has 0 aliphatic carbocycles. The number of aromatic amines is 1. The van der Waals surface area contributed by atoms with Crippen LogP contribution in [0.2, 0.25) is 0 Å². The lowest BCUT2D eigenvalue weighted by Gasteiger charge is -2.22. The molecule has 0 spiro atoms. The van der Waals surface area contributed by atoms with Gasteiger partial charge in [-0.15, -0.1) is 0 Å². The highest BCUT2D eigenvalue weighted by Crippen LogP contribution is 2.53. The van der Waals surface area contributed by atoms with Crippen LogP contribution >= 0.6 is 0 Å². The number of halogens is 3. The van der Waals surface area contributed by atoms with Crippen molar-refractivity contribution in [3.8, 4) is 0 Å². The Morgan fingerprint density at radius 1 is 1.07 bits per heavy atom. The number of hydrogen-bond donors (Lipinski definition) is 1. The number of rotatable bonds is 2. The van der Waals surface area contributed by atoms with Crippen LogP contribution in [0.25, 0.3) is 11.0 Å². The van der Waals surface area contributed by atoms with Crippen LogP contribution in [0.15, 0.2) is 47.3 Å². The summed E-state index contributed by atoms with van der Waals surface area (Å²) in [5.74, 6) is -0.171. The van der Waals surface area contributed by atoms with Gasteiger partial charge in [-0.2, -0.15) is 13.2 Å². The topological polar surface area (TPSA) is 58.1 Å². The number of H-pyrrole nitrogens is 1. The van der Waals surface area contributed by atoms with Gasteiger partial charge in [0.25, 0.3) is 5.91 Å². The Labute approximate surface area is 157 Å². The largest absolute Gasteiger partial charge is 0.406 e. The number of nitrogens with zero attached hydrogens (tertiary/aromatic N) is 2. The molecule has 2 unspecified atom stereocenters. The molecule has 0 saturated carbocycles. The van der Waals surface area contributed by atoms with Crippen molar-refractivity contribution < 1.29 is 18.0 Å². The highest BCUT2D eigenvalue weighted by molar-refractivity contribution is 5.98. The number of amides is 1. The van der Waals surface area contributed by atoms with Crippen LogP contribution in [0.5, 0.6) is 0 Å². The van der Waals surface area contributed by atoms with Gasteiger partial charge in [0.05, 0.1) is 23.1 Å². The van der Waals surface area contributed by atoms with E-state index in [2.05, 4.69) is 4.98 Å². The molecule has 0 radical (unpaired) electrons. The SMILES string of the molecule is O=C(c1ccc2c(c1)[nH]c(=O)n2CC(F)(F)F)N1C2CCC1c1ccccc12. The van der Waals surface area contributed by atoms with Crippen molar-refractivity contribution in [3.05, 3.63) is 69.6 Å². The smallest absolute Gasteiger partial charge is 0.325 e. The zero-order chi connectivity index (χ0) is 19.6. The maximum absolute atomic E-state index is 13.2. The fourth-order valence-electron chi connectivity index (χ4n) is 4.60. The second kappa shape index (κ2) is 5.73. The number of nitrogens with one attached hydrogen (secondary N) is 1. The van der Waals surface area contributed by atoms with E-state index in [1.807, 2.05) is 29.2 Å². The summed E-state index contributed by atoms with van der Waals surface area (Å²) in [6, 6.07) is 12.4. The predicted molar refractivity (Wildman–Crippen MR) is 95.9 cm³/mol. The number of hydrogen-bond acceptors (Lipinski definition) is 2. The molecule has 2 atom stereocenters. The Hall–Kier alpha value is -3.03. The third kappa shape index (κ3) is 2.47. The molecule has 5 rings (SSSR count). The summed E-state index contributed by atoms with van der Waals surface area (Å²) in [6.07, 6.45) is -2.71. The van der Waals surface area contributed by atoms with Gasteiger partial charge in [0.1, 0.15) is 6.54 Å². The second-order valence-electron chi connectivity index (χ2n) is 7.31. The third-order valence-corrected chi connectivity index (χ3v) is 5.69. The summed E-state index contributed by atoms with van der Waals surface area (Å²) in [6.45, 7) is -1.37. The lowest BCUT2D eigenvalue weighted by Crippen LogP contribution is -2.27. The van der Waals surface area contributed by atoms with E-state index < -0.39 is 18.4 Å². The number of fused-ring (bicyclic) bond motifs is 6. The lowest BCUT2D eigenvalue weighted by atomic mass is 9.92. The molecule has 1 amide bonds. The van der Waals surface area contributed by atoms with Crippen molar-refractivity contribution in [2.45, 2.75) is 37.6 Å². The number of carbonyl (C=O) groups excluding carboxylic acids is 1. The summed E-state index contributed by atoms with van der Waals surface area (Å²) in [5.41, 5.74) is 2.20. The minimum Gasteiger partial charge on any atom is -0.325 e. The van der Waals surface area contributed by atoms with E-state index in [1.165, 1.54) is 18.2 Å². The first kappa shape index (κ1) is 17.1. The highest BCUT2D eigenvalue weighted by Gasteiger charge is 2.46. The van der Waals surface area contributed by atoms with E-state index in [0.717, 1.165) is 24.0 Å². The van der Waals surface area contributed by atoms with Gasteiger partial charge in [-0.05, 0) is 42.2 Å². The molecule has 3 aromatic rings. The lowest BCUT2D eigenvalue weighted by molar-refractivity contribution is -0.140. The standard InChI is InChI=1S/C20H16F3N3O2/c21-20(22,23)10-25-17-6-5-11(9-14(17)24-19(25)28)18(27)26-15-7-8-16(26)13-4-2-1-3-12(13)15/h1-6,9,15-16H,7-8,10H2,(H,24,28). The molecular weight excluding hydrogens is 371 g/mol. The third-order valence-electron chi connectivity index (χ3n) is 5.69. The number of alkyl halides is 3. The fourth-order valence-corrected chi connectivity index (χ4v) is 4.60. The Morgan fingerprint density at radius 3 is 2.32 bits per heavy atom. The predicted octanol–water partition coefficient (Wildman–Crippen LogP) is 3.92. The maximum Gasteiger partial charge on any atom is 0.406 e. The maximum atomic E-state index is 13.2. The van der Waals surface area contributed by atoms with E-state index in [0.29, 0.717) is 10.1 Å². The van der Waals surface area contributed by atoms with Gasteiger partial charge >= 0.3 is 11.9 Å². The molecule has 2 bridgehead atoms. The van der Waals surface area contributed by atoms with Crippen molar-refractivity contribution in [2.75, 3.05) is 0 Å². The molecule has 1 aromatic heterocycles. The Kier molecular flexibility index (Phi) is 3.50. The van der Waals surface area contributed by atoms with Crippen LogP contribution in [-0.2, 0) is 6.54 Å². The van der Waals surface area contributed by atoms with Crippen LogP contribution in [0.3, 0.4) is 0 Å². The average Bonchev–Trinajstić information content (AvgIpc) is 3.31. The molecule has 3 heterocycles. The van der Waals surface area contributed by atoms with Gasteiger partial charge in [0.2, 0.25) is 0 Å². The van der Waals surface area contributed by atoms with Crippen LogP contribution in [0.4, 0.5) is 13.2 Å². The molecule has 5 nitrogen and oxygen atoms in total. The van der Waals surface area contributed by atoms with Crippen LogP contribution in [-0.4, -0.2) is 26.5 Å². The normalized spacial score (nSPS) is 20.8. The number of aromatic nitrogens is 2. The van der Waals surface area contributed by atoms with Gasteiger partial charge < -0.3 is 9.88 Å². The Balaban J connectivity index is 1.51. The van der Waals surface area contributed by atoms with Crippen molar-refractivity contribution in [2.24, 2.45) is 0 Å². The Bertz CT molecular complexity index is 1130. The first-order valence-corrected chi connectivity index (χ1v) is 9.04. The quantitative estimate of drug-likeness (QED) is 0.725. The zero-order valence-electron chi connectivity index (χ0n) is 14.7. The van der Waals surface area contributed by atoms with Gasteiger partial charge in [-0.25, -0.2) is 4.79 Å². The minimum absolute atomic E-state index is 0.0262. The molecule has 2 aliphatic heterocycles. The molecule has 28 heavy (non-hydrogen) atoms. The van der Waals surface area contributed by atoms with Gasteiger partial charge in [0.15, 0.2) is 0 Å². The fraction of sp³-hybridized carbons (Fsp3) is 0.300. The van der Waals surface area contributed by atoms with E-state index in [-0.39, 0.29) is 29.0 Å². The molecular formula is C20H16F3N3O2. The van der Waals surface area contributed by atoms with E-state index >= 15 is 0 Å². The van der Waals surface area contributed by atoms with Gasteiger partial charge in [-0.3, -0.25) is 9.36 Å². The first-order valence-electron chi connectivity index (χ1n) is 9.04. The first-order chi connectivity index (χ1) is 13.3. The van der Waals surface area contributed by atoms with E-state index in [4.69, 9.17) is 0 Å². The van der Waals surface area contributed by atoms with Gasteiger partial charge in [0, 0.05) is 5.56 Å². The molecule has 2 aromatic carbocycles. The van der Waals surface area contributed by atoms with Crippen LogP contribution in [0.1, 0.15) is 46.4 Å². The minimum atomic E-state index is -4.51. The zero-order valence-corrected chi connectivity index (χ0v) is 14.7. The van der Waals surface area contributed by atoms with Crippen molar-refractivity contribution in [3.63, 3.8) is 0 Å². The van der Waals surface area contributed by atoms with Gasteiger partial charge in [-0.1, -0.05) is 24.3 Å². The van der Waals surface area contributed by atoms with Crippen molar-refractivity contribution in [1.82, 2.24) is 14.5 Å². The summed E-state index contributed by atoms with van der Waals surface area (Å²) in [4.78, 5) is 29.4. The highest BCUT2D eigenvalue weighted by atomic mass is 19.4. The van der Waals surface area contributed by atoms with Crippen LogP contribution in [0, 0.1) is 0 Å². The van der Waals surface area contributed by atoms with E-state index in [1.54, 1.807) is 0 Å². The summed E-state index contributed by atoms with van der Waals surface area (Å²) < 4.78 is 38.8. The van der Waals surface area contributed by atoms with Crippen LogP contribution < -0.4 is 5.69 Å². The van der Waals surface area contributed by atoms with Crippen molar-refractivity contribution >= 4 is 16.9 Å².